The van der Waals surface area contributed by atoms with Crippen LogP contribution in [0.1, 0.15) is 15.9 Å². The van der Waals surface area contributed by atoms with Crippen LogP contribution in [0, 0.1) is 6.92 Å². The summed E-state index contributed by atoms with van der Waals surface area (Å²) in [6.45, 7) is 7.22. The fourth-order valence-electron chi connectivity index (χ4n) is 3.45. The number of halogens is 2. The Labute approximate surface area is 184 Å². The summed E-state index contributed by atoms with van der Waals surface area (Å²) in [5.41, 5.74) is 2.75. The minimum absolute atomic E-state index is 0.0899. The fourth-order valence-corrected chi connectivity index (χ4v) is 5.01. The maximum absolute atomic E-state index is 12.2. The van der Waals surface area contributed by atoms with E-state index in [0.717, 1.165) is 58.7 Å². The molecule has 4 rings (SSSR count). The van der Waals surface area contributed by atoms with E-state index in [-0.39, 0.29) is 5.91 Å². The Kier molecular flexibility index (Phi) is 6.25. The number of nitrogens with one attached hydrogen (secondary N) is 1. The van der Waals surface area contributed by atoms with Gasteiger partial charge in [0, 0.05) is 49.9 Å². The summed E-state index contributed by atoms with van der Waals surface area (Å²) in [4.78, 5) is 21.7. The van der Waals surface area contributed by atoms with E-state index in [2.05, 4.69) is 22.0 Å². The smallest absolute Gasteiger partial charge is 0.251 e. The van der Waals surface area contributed by atoms with Crippen LogP contribution in [-0.4, -0.2) is 55.1 Å². The Morgan fingerprint density at radius 2 is 1.97 bits per heavy atom. The van der Waals surface area contributed by atoms with Gasteiger partial charge in [-0.25, -0.2) is 4.98 Å². The molecule has 0 radical (unpaired) electrons. The molecule has 1 saturated heterocycles. The lowest BCUT2D eigenvalue weighted by atomic mass is 10.2. The Balaban J connectivity index is 1.28. The van der Waals surface area contributed by atoms with E-state index in [0.29, 0.717) is 17.1 Å². The zero-order valence-electron chi connectivity index (χ0n) is 16.1. The molecule has 1 N–H and O–H groups in total. The number of aromatic nitrogens is 1. The molecule has 0 unspecified atom stereocenters. The van der Waals surface area contributed by atoms with Gasteiger partial charge in [-0.3, -0.25) is 9.69 Å². The Morgan fingerprint density at radius 1 is 1.17 bits per heavy atom. The average Bonchev–Trinajstić information content (AvgIpc) is 3.18. The van der Waals surface area contributed by atoms with Crippen molar-refractivity contribution in [1.29, 1.82) is 0 Å². The first-order valence-corrected chi connectivity index (χ1v) is 11.2. The lowest BCUT2D eigenvalue weighted by Gasteiger charge is -2.34. The number of hydrogen-bond acceptors (Lipinski definition) is 5. The SMILES string of the molecule is Cc1ccc(Cl)c2sc(N3CCN(CCNC(=O)c4cccc(Cl)c4)CC3)nc12. The van der Waals surface area contributed by atoms with E-state index in [1.165, 1.54) is 0 Å². The molecule has 2 heterocycles. The van der Waals surface area contributed by atoms with E-state index < -0.39 is 0 Å². The zero-order chi connectivity index (χ0) is 20.4. The number of rotatable bonds is 5. The van der Waals surface area contributed by atoms with Gasteiger partial charge in [0.05, 0.1) is 15.2 Å². The third-order valence-electron chi connectivity index (χ3n) is 5.13. The highest BCUT2D eigenvalue weighted by molar-refractivity contribution is 7.22. The number of aryl methyl sites for hydroxylation is 1. The van der Waals surface area contributed by atoms with Crippen molar-refractivity contribution in [3.05, 3.63) is 57.6 Å². The first kappa shape index (κ1) is 20.4. The number of piperazine rings is 1. The highest BCUT2D eigenvalue weighted by atomic mass is 35.5. The summed E-state index contributed by atoms with van der Waals surface area (Å²) in [6.07, 6.45) is 0. The van der Waals surface area contributed by atoms with E-state index in [1.807, 2.05) is 12.1 Å². The van der Waals surface area contributed by atoms with E-state index >= 15 is 0 Å². The normalized spacial score (nSPS) is 15.1. The van der Waals surface area contributed by atoms with Gasteiger partial charge in [0.2, 0.25) is 0 Å². The van der Waals surface area contributed by atoms with Gasteiger partial charge >= 0.3 is 0 Å². The second kappa shape index (κ2) is 8.88. The van der Waals surface area contributed by atoms with Gasteiger partial charge in [0.25, 0.3) is 5.91 Å². The van der Waals surface area contributed by atoms with E-state index in [1.54, 1.807) is 35.6 Å². The molecule has 1 aliphatic rings. The molecule has 0 atom stereocenters. The molecule has 0 saturated carbocycles. The van der Waals surface area contributed by atoms with Crippen molar-refractivity contribution in [2.24, 2.45) is 0 Å². The van der Waals surface area contributed by atoms with Gasteiger partial charge in [-0.05, 0) is 36.8 Å². The third kappa shape index (κ3) is 4.67. The molecule has 0 bridgehead atoms. The number of nitrogens with zero attached hydrogens (tertiary/aromatic N) is 3. The molecule has 0 spiro atoms. The van der Waals surface area contributed by atoms with Crippen molar-refractivity contribution >= 4 is 55.8 Å². The molecule has 152 valence electrons. The van der Waals surface area contributed by atoms with Crippen molar-refractivity contribution in [1.82, 2.24) is 15.2 Å². The molecule has 5 nitrogen and oxygen atoms in total. The number of hydrogen-bond donors (Lipinski definition) is 1. The summed E-state index contributed by atoms with van der Waals surface area (Å²) >= 11 is 14.0. The molecule has 1 amide bonds. The summed E-state index contributed by atoms with van der Waals surface area (Å²) in [6, 6.07) is 11.0. The summed E-state index contributed by atoms with van der Waals surface area (Å²) < 4.78 is 1.06. The molecule has 1 aliphatic heterocycles. The van der Waals surface area contributed by atoms with Crippen LogP contribution in [0.4, 0.5) is 5.13 Å². The second-order valence-electron chi connectivity index (χ2n) is 7.13. The van der Waals surface area contributed by atoms with E-state index in [9.17, 15) is 4.79 Å². The quantitative estimate of drug-likeness (QED) is 0.625. The Morgan fingerprint density at radius 3 is 2.69 bits per heavy atom. The monoisotopic (exact) mass is 448 g/mol. The van der Waals surface area contributed by atoms with Crippen LogP contribution in [0.3, 0.4) is 0 Å². The lowest BCUT2D eigenvalue weighted by molar-refractivity contribution is 0.0948. The predicted octanol–water partition coefficient (Wildman–Crippen LogP) is 4.46. The van der Waals surface area contributed by atoms with Crippen molar-refractivity contribution in [3.63, 3.8) is 0 Å². The number of benzene rings is 2. The molecule has 29 heavy (non-hydrogen) atoms. The molecule has 8 heteroatoms. The van der Waals surface area contributed by atoms with Gasteiger partial charge < -0.3 is 10.2 Å². The second-order valence-corrected chi connectivity index (χ2v) is 8.95. The topological polar surface area (TPSA) is 48.5 Å². The van der Waals surface area contributed by atoms with Gasteiger partial charge in [0.1, 0.15) is 0 Å². The van der Waals surface area contributed by atoms with Crippen LogP contribution in [0.5, 0.6) is 0 Å². The molecule has 3 aromatic rings. The molecule has 2 aromatic carbocycles. The standard InChI is InChI=1S/C21H22Cl2N4OS/c1-14-5-6-17(23)19-18(14)25-21(29-19)27-11-9-26(10-12-27)8-7-24-20(28)15-3-2-4-16(22)13-15/h2-6,13H,7-12H2,1H3,(H,24,28). The number of carbonyl (C=O) groups excluding carboxylic acids is 1. The molecular weight excluding hydrogens is 427 g/mol. The third-order valence-corrected chi connectivity index (χ3v) is 6.94. The van der Waals surface area contributed by atoms with Crippen LogP contribution in [0.15, 0.2) is 36.4 Å². The fraction of sp³-hybridized carbons (Fsp3) is 0.333. The van der Waals surface area contributed by atoms with Gasteiger partial charge in [-0.2, -0.15) is 0 Å². The predicted molar refractivity (Wildman–Crippen MR) is 122 cm³/mol. The minimum atomic E-state index is -0.0899. The first-order valence-electron chi connectivity index (χ1n) is 9.58. The number of fused-ring (bicyclic) bond motifs is 1. The molecule has 1 aromatic heterocycles. The van der Waals surface area contributed by atoms with E-state index in [4.69, 9.17) is 28.2 Å². The number of carbonyl (C=O) groups is 1. The number of anilines is 1. The highest BCUT2D eigenvalue weighted by Gasteiger charge is 2.21. The summed E-state index contributed by atoms with van der Waals surface area (Å²) in [5.74, 6) is -0.0899. The maximum Gasteiger partial charge on any atom is 0.251 e. The average molecular weight is 449 g/mol. The van der Waals surface area contributed by atoms with Crippen molar-refractivity contribution < 1.29 is 4.79 Å². The molecular formula is C21H22Cl2N4OS. The van der Waals surface area contributed by atoms with Gasteiger partial charge in [-0.15, -0.1) is 0 Å². The zero-order valence-corrected chi connectivity index (χ0v) is 18.4. The van der Waals surface area contributed by atoms with Crippen LogP contribution in [0.2, 0.25) is 10.0 Å². The van der Waals surface area contributed by atoms with Gasteiger partial charge in [0.15, 0.2) is 5.13 Å². The van der Waals surface area contributed by atoms with Crippen molar-refractivity contribution in [2.45, 2.75) is 6.92 Å². The van der Waals surface area contributed by atoms with Crippen molar-refractivity contribution in [2.75, 3.05) is 44.2 Å². The molecule has 1 fully saturated rings. The summed E-state index contributed by atoms with van der Waals surface area (Å²) in [7, 11) is 0. The Bertz CT molecular complexity index is 992. The van der Waals surface area contributed by atoms with Crippen LogP contribution < -0.4 is 10.2 Å². The molecule has 0 aliphatic carbocycles. The highest BCUT2D eigenvalue weighted by Crippen LogP contribution is 2.35. The van der Waals surface area contributed by atoms with Crippen LogP contribution >= 0.6 is 34.5 Å². The maximum atomic E-state index is 12.2. The first-order chi connectivity index (χ1) is 14.0. The minimum Gasteiger partial charge on any atom is -0.351 e. The Hall–Kier alpha value is -1.86. The number of thiazole rings is 1. The largest absolute Gasteiger partial charge is 0.351 e. The van der Waals surface area contributed by atoms with Crippen LogP contribution in [0.25, 0.3) is 10.2 Å². The lowest BCUT2D eigenvalue weighted by Crippen LogP contribution is -2.48. The number of amides is 1. The van der Waals surface area contributed by atoms with Crippen molar-refractivity contribution in [3.8, 4) is 0 Å². The summed E-state index contributed by atoms with van der Waals surface area (Å²) in [5, 5.41) is 5.34. The van der Waals surface area contributed by atoms with Crippen LogP contribution in [-0.2, 0) is 0 Å². The van der Waals surface area contributed by atoms with Gasteiger partial charge in [-0.1, -0.05) is 46.7 Å².